The van der Waals surface area contributed by atoms with Crippen molar-refractivity contribution in [3.05, 3.63) is 34.3 Å². The molecule has 88 valence electrons. The summed E-state index contributed by atoms with van der Waals surface area (Å²) in [5.41, 5.74) is -1.12. The highest BCUT2D eigenvalue weighted by molar-refractivity contribution is 9.09. The number of ketones is 1. The van der Waals surface area contributed by atoms with Crippen LogP contribution in [0.25, 0.3) is 0 Å². The van der Waals surface area contributed by atoms with Crippen molar-refractivity contribution in [1.82, 2.24) is 0 Å². The van der Waals surface area contributed by atoms with Crippen LogP contribution in [0.1, 0.15) is 22.9 Å². The van der Waals surface area contributed by atoms with Crippen molar-refractivity contribution in [1.29, 1.82) is 0 Å². The summed E-state index contributed by atoms with van der Waals surface area (Å²) in [7, 11) is 0. The highest BCUT2D eigenvalue weighted by atomic mass is 79.9. The zero-order valence-corrected chi connectivity index (χ0v) is 10.4. The first-order valence-electron chi connectivity index (χ1n) is 4.25. The topological polar surface area (TPSA) is 17.1 Å². The number of carbonyl (C=O) groups excluding carboxylic acids is 1. The second-order valence-electron chi connectivity index (χ2n) is 3.18. The lowest BCUT2D eigenvalue weighted by Crippen LogP contribution is -2.13. The van der Waals surface area contributed by atoms with Crippen LogP contribution in [-0.4, -0.2) is 5.78 Å². The summed E-state index contributed by atoms with van der Waals surface area (Å²) in [5.74, 6) is -0.409. The number of rotatable bonds is 2. The molecular formula is C10H7BrClF3O. The first-order valence-corrected chi connectivity index (χ1v) is 5.54. The minimum Gasteiger partial charge on any atom is -0.298 e. The molecule has 1 unspecified atom stereocenters. The molecule has 0 aliphatic rings. The van der Waals surface area contributed by atoms with Gasteiger partial charge in [-0.1, -0.05) is 39.7 Å². The van der Waals surface area contributed by atoms with Crippen molar-refractivity contribution in [2.75, 3.05) is 0 Å². The van der Waals surface area contributed by atoms with E-state index in [1.165, 1.54) is 19.1 Å². The molecule has 0 aliphatic heterocycles. The van der Waals surface area contributed by atoms with E-state index in [-0.39, 0.29) is 5.56 Å². The van der Waals surface area contributed by atoms with E-state index in [1.54, 1.807) is 0 Å². The fourth-order valence-corrected chi connectivity index (χ4v) is 1.94. The summed E-state index contributed by atoms with van der Waals surface area (Å²) in [6, 6.07) is 3.76. The Morgan fingerprint density at radius 1 is 1.44 bits per heavy atom. The fraction of sp³-hybridized carbons (Fsp3) is 0.300. The van der Waals surface area contributed by atoms with Crippen molar-refractivity contribution < 1.29 is 18.0 Å². The second kappa shape index (κ2) is 4.75. The summed E-state index contributed by atoms with van der Waals surface area (Å²) in [5, 5.41) is -0.407. The molecule has 0 aromatic heterocycles. The molecule has 0 spiro atoms. The second-order valence-corrected chi connectivity index (χ2v) is 4.50. The molecule has 0 fully saturated rings. The van der Waals surface area contributed by atoms with E-state index in [0.717, 1.165) is 6.07 Å². The van der Waals surface area contributed by atoms with Gasteiger partial charge in [-0.3, -0.25) is 4.79 Å². The van der Waals surface area contributed by atoms with E-state index in [1.807, 2.05) is 0 Å². The minimum atomic E-state index is -4.57. The van der Waals surface area contributed by atoms with Crippen molar-refractivity contribution in [2.24, 2.45) is 0 Å². The van der Waals surface area contributed by atoms with Gasteiger partial charge in [0.2, 0.25) is 0 Å². The fourth-order valence-electron chi connectivity index (χ4n) is 1.27. The molecular weight excluding hydrogens is 308 g/mol. The number of halogens is 5. The Morgan fingerprint density at radius 2 is 2.00 bits per heavy atom. The van der Waals surface area contributed by atoms with E-state index in [2.05, 4.69) is 15.9 Å². The van der Waals surface area contributed by atoms with Gasteiger partial charge in [-0.2, -0.15) is 13.2 Å². The zero-order valence-electron chi connectivity index (χ0n) is 8.11. The van der Waals surface area contributed by atoms with E-state index in [0.29, 0.717) is 0 Å². The van der Waals surface area contributed by atoms with Gasteiger partial charge in [-0.05, 0) is 18.6 Å². The SMILES string of the molecule is CC(=O)C(Br)c1cccc(Cl)c1C(F)(F)F. The molecule has 16 heavy (non-hydrogen) atoms. The van der Waals surface area contributed by atoms with Crippen molar-refractivity contribution in [3.8, 4) is 0 Å². The Bertz CT molecular complexity index is 417. The van der Waals surface area contributed by atoms with Crippen LogP contribution >= 0.6 is 27.5 Å². The van der Waals surface area contributed by atoms with E-state index >= 15 is 0 Å². The molecule has 1 atom stereocenters. The van der Waals surface area contributed by atoms with Crippen LogP contribution in [0.15, 0.2) is 18.2 Å². The summed E-state index contributed by atoms with van der Waals surface area (Å²) in [6.45, 7) is 1.21. The number of alkyl halides is 4. The van der Waals surface area contributed by atoms with Gasteiger partial charge in [0.1, 0.15) is 5.78 Å². The summed E-state index contributed by atoms with van der Waals surface area (Å²) >= 11 is 8.43. The predicted octanol–water partition coefficient (Wildman–Crippen LogP) is 4.38. The Morgan fingerprint density at radius 3 is 2.44 bits per heavy atom. The van der Waals surface area contributed by atoms with Gasteiger partial charge in [0.15, 0.2) is 0 Å². The summed E-state index contributed by atoms with van der Waals surface area (Å²) in [4.78, 5) is 10.1. The third-order valence-electron chi connectivity index (χ3n) is 1.96. The highest BCUT2D eigenvalue weighted by Crippen LogP contribution is 2.41. The third-order valence-corrected chi connectivity index (χ3v) is 3.41. The molecule has 1 aromatic carbocycles. The van der Waals surface area contributed by atoms with Crippen molar-refractivity contribution in [3.63, 3.8) is 0 Å². The Labute approximate surface area is 104 Å². The van der Waals surface area contributed by atoms with Crippen LogP contribution in [0, 0.1) is 0 Å². The molecule has 0 heterocycles. The monoisotopic (exact) mass is 314 g/mol. The molecule has 0 bridgehead atoms. The Balaban J connectivity index is 3.40. The minimum absolute atomic E-state index is 0.160. The molecule has 1 rings (SSSR count). The molecule has 0 saturated carbocycles. The maximum absolute atomic E-state index is 12.7. The quantitative estimate of drug-likeness (QED) is 0.740. The standard InChI is InChI=1S/C10H7BrClF3O/c1-5(16)9(11)6-3-2-4-7(12)8(6)10(13,14)15/h2-4,9H,1H3. The Hall–Kier alpha value is -0.550. The lowest BCUT2D eigenvalue weighted by Gasteiger charge is -2.16. The highest BCUT2D eigenvalue weighted by Gasteiger charge is 2.37. The van der Waals surface area contributed by atoms with Gasteiger partial charge in [0, 0.05) is 0 Å². The first-order chi connectivity index (χ1) is 7.25. The van der Waals surface area contributed by atoms with Crippen molar-refractivity contribution >= 4 is 33.3 Å². The maximum atomic E-state index is 12.7. The van der Waals surface area contributed by atoms with E-state index in [9.17, 15) is 18.0 Å². The third kappa shape index (κ3) is 2.77. The molecule has 0 radical (unpaired) electrons. The lowest BCUT2D eigenvalue weighted by atomic mass is 10.0. The Kier molecular flexibility index (Phi) is 4.02. The average Bonchev–Trinajstić information content (AvgIpc) is 2.14. The number of hydrogen-bond acceptors (Lipinski definition) is 1. The molecule has 6 heteroatoms. The normalized spacial score (nSPS) is 13.6. The van der Waals surface area contributed by atoms with Gasteiger partial charge in [0.05, 0.1) is 15.4 Å². The largest absolute Gasteiger partial charge is 0.418 e. The first kappa shape index (κ1) is 13.5. The summed E-state index contributed by atoms with van der Waals surface area (Å²) < 4.78 is 38.1. The maximum Gasteiger partial charge on any atom is 0.418 e. The van der Waals surface area contributed by atoms with E-state index in [4.69, 9.17) is 11.6 Å². The van der Waals surface area contributed by atoms with Crippen molar-refractivity contribution in [2.45, 2.75) is 17.9 Å². The van der Waals surface area contributed by atoms with Gasteiger partial charge in [-0.25, -0.2) is 0 Å². The van der Waals surface area contributed by atoms with Crippen LogP contribution in [0.5, 0.6) is 0 Å². The van der Waals surface area contributed by atoms with Crippen LogP contribution in [0.3, 0.4) is 0 Å². The molecule has 0 amide bonds. The molecule has 0 N–H and O–H groups in total. The van der Waals surface area contributed by atoms with Crippen LogP contribution in [0.4, 0.5) is 13.2 Å². The molecule has 0 saturated heterocycles. The molecule has 1 aromatic rings. The van der Waals surface area contributed by atoms with Gasteiger partial charge in [0.25, 0.3) is 0 Å². The van der Waals surface area contributed by atoms with Crippen LogP contribution < -0.4 is 0 Å². The number of benzene rings is 1. The predicted molar refractivity (Wildman–Crippen MR) is 58.8 cm³/mol. The van der Waals surface area contributed by atoms with Crippen LogP contribution in [-0.2, 0) is 11.0 Å². The van der Waals surface area contributed by atoms with E-state index < -0.39 is 27.4 Å². The number of carbonyl (C=O) groups is 1. The zero-order chi connectivity index (χ0) is 12.5. The van der Waals surface area contributed by atoms with Gasteiger partial charge >= 0.3 is 6.18 Å². The average molecular weight is 316 g/mol. The molecule has 1 nitrogen and oxygen atoms in total. The molecule has 0 aliphatic carbocycles. The van der Waals surface area contributed by atoms with Gasteiger partial charge < -0.3 is 0 Å². The summed E-state index contributed by atoms with van der Waals surface area (Å²) in [6.07, 6.45) is -4.57. The number of hydrogen-bond donors (Lipinski definition) is 0. The van der Waals surface area contributed by atoms with Crippen LogP contribution in [0.2, 0.25) is 5.02 Å². The number of Topliss-reactive ketones (excluding diaryl/α,β-unsaturated/α-hetero) is 1. The lowest BCUT2D eigenvalue weighted by molar-refractivity contribution is -0.138. The smallest absolute Gasteiger partial charge is 0.298 e. The van der Waals surface area contributed by atoms with Gasteiger partial charge in [-0.15, -0.1) is 0 Å².